The first kappa shape index (κ1) is 23.5. The predicted octanol–water partition coefficient (Wildman–Crippen LogP) is 4.20. The number of hydrogen-bond donors (Lipinski definition) is 1. The molecule has 0 atom stereocenters. The van der Waals surface area contributed by atoms with Crippen LogP contribution in [0.2, 0.25) is 0 Å². The molecule has 1 amide bonds. The number of hydrogen-bond acceptors (Lipinski definition) is 6. The van der Waals surface area contributed by atoms with Crippen molar-refractivity contribution in [3.05, 3.63) is 88.7 Å². The van der Waals surface area contributed by atoms with Gasteiger partial charge < -0.3 is 14.2 Å². The number of nitrogens with zero attached hydrogens (tertiary/aromatic N) is 1. The Balaban J connectivity index is 1.56. The van der Waals surface area contributed by atoms with Crippen LogP contribution in [0, 0.1) is 19.7 Å². The Morgan fingerprint density at radius 2 is 1.82 bits per heavy atom. The molecular weight excluding hydrogens is 427 g/mol. The third kappa shape index (κ3) is 6.64. The SMILES string of the molecule is COc1cc(/C=N/NC(=O)COc2ccc(C)c(C)c2)ccc1OC(=O)c1cccc(F)c1. The van der Waals surface area contributed by atoms with Gasteiger partial charge in [-0.15, -0.1) is 0 Å². The molecule has 0 saturated heterocycles. The molecule has 0 aliphatic rings. The third-order valence-electron chi connectivity index (χ3n) is 4.70. The monoisotopic (exact) mass is 450 g/mol. The van der Waals surface area contributed by atoms with Crippen molar-refractivity contribution in [3.8, 4) is 17.2 Å². The van der Waals surface area contributed by atoms with Crippen molar-refractivity contribution in [3.63, 3.8) is 0 Å². The van der Waals surface area contributed by atoms with Gasteiger partial charge in [-0.3, -0.25) is 4.79 Å². The number of methoxy groups -OCH3 is 1. The number of esters is 1. The summed E-state index contributed by atoms with van der Waals surface area (Å²) in [5, 5.41) is 3.90. The standard InChI is InChI=1S/C25H23FN2O5/c1-16-7-9-21(11-17(16)2)32-15-24(29)28-27-14-18-8-10-22(23(12-18)31-3)33-25(30)19-5-4-6-20(26)13-19/h4-14H,15H2,1-3H3,(H,28,29)/b27-14+. The van der Waals surface area contributed by atoms with Gasteiger partial charge in [0, 0.05) is 0 Å². The van der Waals surface area contributed by atoms with Gasteiger partial charge in [-0.1, -0.05) is 12.1 Å². The Labute approximate surface area is 190 Å². The van der Waals surface area contributed by atoms with Crippen molar-refractivity contribution in [1.82, 2.24) is 5.43 Å². The number of nitrogens with one attached hydrogen (secondary N) is 1. The summed E-state index contributed by atoms with van der Waals surface area (Å²) >= 11 is 0. The Morgan fingerprint density at radius 3 is 2.55 bits per heavy atom. The van der Waals surface area contributed by atoms with Gasteiger partial charge >= 0.3 is 5.97 Å². The van der Waals surface area contributed by atoms with Gasteiger partial charge in [-0.05, 0) is 79.1 Å². The van der Waals surface area contributed by atoms with Gasteiger partial charge in [-0.2, -0.15) is 5.10 Å². The molecule has 0 aliphatic heterocycles. The maximum Gasteiger partial charge on any atom is 0.343 e. The molecule has 0 fully saturated rings. The number of aryl methyl sites for hydroxylation is 2. The molecule has 7 nitrogen and oxygen atoms in total. The number of rotatable bonds is 8. The maximum absolute atomic E-state index is 13.3. The summed E-state index contributed by atoms with van der Waals surface area (Å²) in [7, 11) is 1.42. The minimum Gasteiger partial charge on any atom is -0.493 e. The lowest BCUT2D eigenvalue weighted by atomic mass is 10.1. The fourth-order valence-corrected chi connectivity index (χ4v) is 2.79. The number of amides is 1. The molecule has 0 spiro atoms. The van der Waals surface area contributed by atoms with E-state index in [2.05, 4.69) is 10.5 Å². The first-order valence-electron chi connectivity index (χ1n) is 10.0. The number of benzene rings is 3. The highest BCUT2D eigenvalue weighted by Crippen LogP contribution is 2.28. The minimum absolute atomic E-state index is 0.0772. The van der Waals surface area contributed by atoms with Crippen LogP contribution in [0.3, 0.4) is 0 Å². The Bertz CT molecular complexity index is 1190. The average molecular weight is 450 g/mol. The molecule has 33 heavy (non-hydrogen) atoms. The van der Waals surface area contributed by atoms with Gasteiger partial charge in [0.1, 0.15) is 11.6 Å². The Kier molecular flexibility index (Phi) is 7.75. The molecule has 0 heterocycles. The van der Waals surface area contributed by atoms with Crippen molar-refractivity contribution in [2.45, 2.75) is 13.8 Å². The summed E-state index contributed by atoms with van der Waals surface area (Å²) in [5.41, 5.74) is 5.26. The van der Waals surface area contributed by atoms with Gasteiger partial charge in [0.15, 0.2) is 18.1 Å². The normalized spacial score (nSPS) is 10.7. The van der Waals surface area contributed by atoms with Crippen molar-refractivity contribution in [1.29, 1.82) is 0 Å². The average Bonchev–Trinajstić information content (AvgIpc) is 2.80. The van der Waals surface area contributed by atoms with Crippen molar-refractivity contribution in [2.75, 3.05) is 13.7 Å². The highest BCUT2D eigenvalue weighted by molar-refractivity contribution is 5.91. The molecular formula is C25H23FN2O5. The second-order valence-corrected chi connectivity index (χ2v) is 7.14. The fourth-order valence-electron chi connectivity index (χ4n) is 2.79. The molecule has 0 bridgehead atoms. The molecule has 0 aliphatic carbocycles. The first-order valence-corrected chi connectivity index (χ1v) is 10.0. The lowest BCUT2D eigenvalue weighted by molar-refractivity contribution is -0.123. The summed E-state index contributed by atoms with van der Waals surface area (Å²) in [6, 6.07) is 15.5. The number of ether oxygens (including phenoxy) is 3. The van der Waals surface area contributed by atoms with Crippen LogP contribution in [0.1, 0.15) is 27.0 Å². The van der Waals surface area contributed by atoms with Crippen LogP contribution in [0.5, 0.6) is 17.2 Å². The highest BCUT2D eigenvalue weighted by atomic mass is 19.1. The highest BCUT2D eigenvalue weighted by Gasteiger charge is 2.13. The van der Waals surface area contributed by atoms with Crippen LogP contribution in [0.15, 0.2) is 65.8 Å². The largest absolute Gasteiger partial charge is 0.493 e. The molecule has 3 aromatic rings. The second-order valence-electron chi connectivity index (χ2n) is 7.14. The summed E-state index contributed by atoms with van der Waals surface area (Å²) in [4.78, 5) is 24.2. The van der Waals surface area contributed by atoms with E-state index in [4.69, 9.17) is 14.2 Å². The Hall–Kier alpha value is -4.20. The van der Waals surface area contributed by atoms with E-state index >= 15 is 0 Å². The summed E-state index contributed by atoms with van der Waals surface area (Å²) in [5.74, 6) is -0.639. The number of halogens is 1. The zero-order valence-corrected chi connectivity index (χ0v) is 18.4. The molecule has 3 rings (SSSR count). The molecule has 8 heteroatoms. The van der Waals surface area contributed by atoms with E-state index in [0.29, 0.717) is 11.3 Å². The van der Waals surface area contributed by atoms with Gasteiger partial charge in [0.2, 0.25) is 0 Å². The van der Waals surface area contributed by atoms with Crippen molar-refractivity contribution in [2.24, 2.45) is 5.10 Å². The minimum atomic E-state index is -0.717. The van der Waals surface area contributed by atoms with Gasteiger partial charge in [0.25, 0.3) is 5.91 Å². The lowest BCUT2D eigenvalue weighted by Gasteiger charge is -2.10. The van der Waals surface area contributed by atoms with Crippen LogP contribution in [0.4, 0.5) is 4.39 Å². The second kappa shape index (κ2) is 10.9. The van der Waals surface area contributed by atoms with Crippen LogP contribution < -0.4 is 19.6 Å². The molecule has 0 radical (unpaired) electrons. The van der Waals surface area contributed by atoms with Crippen LogP contribution in [-0.2, 0) is 4.79 Å². The summed E-state index contributed by atoms with van der Waals surface area (Å²) in [6.07, 6.45) is 1.41. The number of hydrazone groups is 1. The van der Waals surface area contributed by atoms with E-state index in [0.717, 1.165) is 17.2 Å². The zero-order valence-electron chi connectivity index (χ0n) is 18.4. The molecule has 1 N–H and O–H groups in total. The quantitative estimate of drug-likeness (QED) is 0.241. The fraction of sp³-hybridized carbons (Fsp3) is 0.160. The van der Waals surface area contributed by atoms with Gasteiger partial charge in [-0.25, -0.2) is 14.6 Å². The van der Waals surface area contributed by atoms with Crippen LogP contribution >= 0.6 is 0 Å². The van der Waals surface area contributed by atoms with E-state index in [1.54, 1.807) is 18.2 Å². The van der Waals surface area contributed by atoms with E-state index < -0.39 is 17.7 Å². The summed E-state index contributed by atoms with van der Waals surface area (Å²) in [6.45, 7) is 3.78. The number of carbonyl (C=O) groups is 2. The number of carbonyl (C=O) groups excluding carboxylic acids is 2. The predicted molar refractivity (Wildman–Crippen MR) is 122 cm³/mol. The third-order valence-corrected chi connectivity index (χ3v) is 4.70. The topological polar surface area (TPSA) is 86.2 Å². The lowest BCUT2D eigenvalue weighted by Crippen LogP contribution is -2.24. The molecule has 170 valence electrons. The van der Waals surface area contributed by atoms with E-state index in [9.17, 15) is 14.0 Å². The first-order chi connectivity index (χ1) is 15.9. The zero-order chi connectivity index (χ0) is 23.8. The smallest absolute Gasteiger partial charge is 0.343 e. The van der Waals surface area contributed by atoms with Crippen molar-refractivity contribution >= 4 is 18.1 Å². The maximum atomic E-state index is 13.3. The molecule has 0 unspecified atom stereocenters. The molecule has 3 aromatic carbocycles. The van der Waals surface area contributed by atoms with Crippen LogP contribution in [-0.4, -0.2) is 31.8 Å². The molecule has 0 saturated carbocycles. The van der Waals surface area contributed by atoms with E-state index in [1.807, 2.05) is 26.0 Å². The summed E-state index contributed by atoms with van der Waals surface area (Å²) < 4.78 is 29.3. The van der Waals surface area contributed by atoms with Crippen LogP contribution in [0.25, 0.3) is 0 Å². The Morgan fingerprint density at radius 1 is 1.00 bits per heavy atom. The van der Waals surface area contributed by atoms with Crippen molar-refractivity contribution < 1.29 is 28.2 Å². The van der Waals surface area contributed by atoms with Gasteiger partial charge in [0.05, 0.1) is 18.9 Å². The molecule has 0 aromatic heterocycles. The van der Waals surface area contributed by atoms with E-state index in [1.165, 1.54) is 37.6 Å². The van der Waals surface area contributed by atoms with E-state index in [-0.39, 0.29) is 23.7 Å².